The molecule has 0 nitrogen and oxygen atoms in total. The maximum Gasteiger partial charge on any atom is -1.00 e. The molecule has 0 amide bonds. The molecule has 0 aromatic heterocycles. The third kappa shape index (κ3) is 3.86. The minimum absolute atomic E-state index is 0. The third-order valence-corrected chi connectivity index (χ3v) is 13.8. The summed E-state index contributed by atoms with van der Waals surface area (Å²) < 4.78 is 2.13. The van der Waals surface area contributed by atoms with Gasteiger partial charge >= 0.3 is 154 Å². The van der Waals surface area contributed by atoms with Crippen molar-refractivity contribution in [1.29, 1.82) is 0 Å². The van der Waals surface area contributed by atoms with Crippen LogP contribution in [0.25, 0.3) is 0 Å². The molecule has 2 saturated carbocycles. The minimum atomic E-state index is -0.402. The summed E-state index contributed by atoms with van der Waals surface area (Å²) in [5, 5.41) is 0. The van der Waals surface area contributed by atoms with E-state index in [0.717, 1.165) is 42.8 Å². The van der Waals surface area contributed by atoms with E-state index < -0.39 is 23.2 Å². The molecule has 2 fully saturated rings. The monoisotopic (exact) mass is 454 g/mol. The summed E-state index contributed by atoms with van der Waals surface area (Å²) in [5.41, 5.74) is 3.31. The molecular weight excluding hydrogens is 426 g/mol. The summed E-state index contributed by atoms with van der Waals surface area (Å²) in [6.45, 7) is 9.86. The Morgan fingerprint density at radius 2 is 1.16 bits per heavy atom. The topological polar surface area (TPSA) is 0 Å². The zero-order chi connectivity index (χ0) is 16.1. The van der Waals surface area contributed by atoms with Gasteiger partial charge in [0, 0.05) is 0 Å². The number of halogens is 2. The third-order valence-electron chi connectivity index (χ3n) is 7.18. The first-order valence-electron chi connectivity index (χ1n) is 9.52. The summed E-state index contributed by atoms with van der Waals surface area (Å²) in [4.78, 5) is 0. The van der Waals surface area contributed by atoms with Crippen LogP contribution in [0.2, 0.25) is 7.25 Å². The zero-order valence-corrected chi connectivity index (χ0v) is 19.7. The molecule has 0 aromatic carbocycles. The van der Waals surface area contributed by atoms with Crippen LogP contribution in [0.3, 0.4) is 0 Å². The van der Waals surface area contributed by atoms with Crippen molar-refractivity contribution in [2.75, 3.05) is 0 Å². The van der Waals surface area contributed by atoms with E-state index in [1.54, 1.807) is 11.1 Å². The Bertz CT molecular complexity index is 551. The van der Waals surface area contributed by atoms with Crippen LogP contribution in [0.5, 0.6) is 0 Å². The molecule has 0 spiro atoms. The van der Waals surface area contributed by atoms with Crippen LogP contribution in [0.15, 0.2) is 47.6 Å². The van der Waals surface area contributed by atoms with Gasteiger partial charge in [-0.3, -0.25) is 0 Å². The van der Waals surface area contributed by atoms with Crippen molar-refractivity contribution in [1.82, 2.24) is 0 Å². The van der Waals surface area contributed by atoms with Crippen LogP contribution in [-0.2, 0) is 23.2 Å². The molecule has 25 heavy (non-hydrogen) atoms. The van der Waals surface area contributed by atoms with Crippen molar-refractivity contribution in [2.45, 2.75) is 47.8 Å². The molecule has 0 bridgehead atoms. The van der Waals surface area contributed by atoms with E-state index in [0.29, 0.717) is 0 Å². The summed E-state index contributed by atoms with van der Waals surface area (Å²) in [5.74, 6) is 5.43. The van der Waals surface area contributed by atoms with Crippen molar-refractivity contribution in [3.8, 4) is 0 Å². The molecule has 0 aromatic rings. The molecule has 8 unspecified atom stereocenters. The van der Waals surface area contributed by atoms with Gasteiger partial charge < -0.3 is 24.8 Å². The Morgan fingerprint density at radius 1 is 0.760 bits per heavy atom. The van der Waals surface area contributed by atoms with Gasteiger partial charge in [-0.25, -0.2) is 0 Å². The predicted molar refractivity (Wildman–Crippen MR) is 94.8 cm³/mol. The average molecular weight is 457 g/mol. The van der Waals surface area contributed by atoms with Gasteiger partial charge in [0.2, 0.25) is 0 Å². The van der Waals surface area contributed by atoms with Gasteiger partial charge in [-0.05, 0) is 0 Å². The molecule has 0 saturated heterocycles. The molecule has 8 atom stereocenters. The molecule has 3 heteroatoms. The van der Waals surface area contributed by atoms with Crippen molar-refractivity contribution >= 4 is 0 Å². The normalized spacial score (nSPS) is 43.8. The Kier molecular flexibility index (Phi) is 7.49. The van der Waals surface area contributed by atoms with Crippen molar-refractivity contribution < 1.29 is 48.0 Å². The van der Waals surface area contributed by atoms with Gasteiger partial charge in [-0.2, -0.15) is 0 Å². The van der Waals surface area contributed by atoms with Gasteiger partial charge in [0.15, 0.2) is 0 Å². The van der Waals surface area contributed by atoms with Crippen LogP contribution in [0, 0.1) is 35.5 Å². The minimum Gasteiger partial charge on any atom is -1.00 e. The molecular formula is C22H30Cl2Zr. The zero-order valence-electron chi connectivity index (χ0n) is 15.8. The van der Waals surface area contributed by atoms with Crippen molar-refractivity contribution in [2.24, 2.45) is 35.5 Å². The fourth-order valence-corrected chi connectivity index (χ4v) is 12.0. The van der Waals surface area contributed by atoms with Crippen LogP contribution in [0.4, 0.5) is 0 Å². The molecule has 136 valence electrons. The Morgan fingerprint density at radius 3 is 1.56 bits per heavy atom. The van der Waals surface area contributed by atoms with Gasteiger partial charge in [0.05, 0.1) is 0 Å². The standard InChI is InChI=1S/2C11H15.2ClH.Zr/c2*1-8-6-10-5-3-4-9(2)11(10)7-8;;;/h2*3-6,8,10-11H,7H2,1-2H3;2*1H;/q;;;;+2/p-2. The van der Waals surface area contributed by atoms with Crippen LogP contribution < -0.4 is 24.8 Å². The Labute approximate surface area is 178 Å². The number of fused-ring (bicyclic) bond motifs is 2. The first-order chi connectivity index (χ1) is 11.1. The van der Waals surface area contributed by atoms with Gasteiger partial charge in [-0.1, -0.05) is 0 Å². The van der Waals surface area contributed by atoms with E-state index in [1.807, 2.05) is 0 Å². The molecule has 0 radical (unpaired) electrons. The summed E-state index contributed by atoms with van der Waals surface area (Å²) in [6.07, 6.45) is 17.5. The maximum atomic E-state index is 2.58. The molecule has 4 rings (SSSR count). The summed E-state index contributed by atoms with van der Waals surface area (Å²) in [7, 11) is 0. The summed E-state index contributed by atoms with van der Waals surface area (Å²) >= 11 is -0.402. The molecule has 0 aliphatic heterocycles. The number of rotatable bonds is 2. The van der Waals surface area contributed by atoms with Gasteiger partial charge in [0.25, 0.3) is 0 Å². The molecule has 0 heterocycles. The maximum absolute atomic E-state index is 2.58. The first-order valence-corrected chi connectivity index (χ1v) is 12.4. The van der Waals surface area contributed by atoms with Crippen LogP contribution in [-0.4, -0.2) is 0 Å². The first kappa shape index (κ1) is 21.7. The van der Waals surface area contributed by atoms with E-state index >= 15 is 0 Å². The Balaban J connectivity index is 0.00000113. The second kappa shape index (κ2) is 8.62. The van der Waals surface area contributed by atoms with Crippen molar-refractivity contribution in [3.05, 3.63) is 47.6 Å². The number of allylic oxidation sites excluding steroid dienone is 8. The van der Waals surface area contributed by atoms with E-state index in [-0.39, 0.29) is 24.8 Å². The Hall–Kier alpha value is 0.423. The molecule has 4 aliphatic rings. The van der Waals surface area contributed by atoms with Crippen molar-refractivity contribution in [3.63, 3.8) is 0 Å². The molecule has 0 N–H and O–H groups in total. The number of hydrogen-bond acceptors (Lipinski definition) is 0. The van der Waals surface area contributed by atoms with E-state index in [2.05, 4.69) is 64.2 Å². The SMILES string of the molecule is CC1=CC=CC2C1CC(C)[CH]2[Zr+2][CH]1C(C)CC2C(C)=CC=CC21.[Cl-].[Cl-]. The van der Waals surface area contributed by atoms with Crippen LogP contribution in [0.1, 0.15) is 40.5 Å². The predicted octanol–water partition coefficient (Wildman–Crippen LogP) is 0.231. The smallest absolute Gasteiger partial charge is 1.00 e. The average Bonchev–Trinajstić information content (AvgIpc) is 3.01. The van der Waals surface area contributed by atoms with E-state index in [9.17, 15) is 0 Å². The summed E-state index contributed by atoms with van der Waals surface area (Å²) in [6, 6.07) is 0. The second-order valence-corrected chi connectivity index (χ2v) is 12.7. The van der Waals surface area contributed by atoms with Gasteiger partial charge in [-0.15, -0.1) is 0 Å². The van der Waals surface area contributed by atoms with E-state index in [4.69, 9.17) is 0 Å². The van der Waals surface area contributed by atoms with E-state index in [1.165, 1.54) is 12.8 Å². The second-order valence-electron chi connectivity index (χ2n) is 8.60. The van der Waals surface area contributed by atoms with Gasteiger partial charge in [0.1, 0.15) is 0 Å². The van der Waals surface area contributed by atoms with Crippen LogP contribution >= 0.6 is 0 Å². The number of hydrogen-bond donors (Lipinski definition) is 0. The fourth-order valence-electron chi connectivity index (χ4n) is 5.85. The largest absolute Gasteiger partial charge is 1.00 e. The fraction of sp³-hybridized carbons (Fsp3) is 0.636. The molecule has 4 aliphatic carbocycles. The quantitative estimate of drug-likeness (QED) is 0.558.